The zero-order valence-corrected chi connectivity index (χ0v) is 13.7. The second-order valence-electron chi connectivity index (χ2n) is 5.19. The molecule has 0 fully saturated rings. The highest BCUT2D eigenvalue weighted by Crippen LogP contribution is 2.28. The lowest BCUT2D eigenvalue weighted by atomic mass is 10.1. The Morgan fingerprint density at radius 2 is 1.85 bits per heavy atom. The van der Waals surface area contributed by atoms with Gasteiger partial charge in [-0.25, -0.2) is 0 Å². The Bertz CT molecular complexity index is 910. The highest BCUT2D eigenvalue weighted by atomic mass is 35.5. The zero-order chi connectivity index (χ0) is 18.7. The predicted octanol–water partition coefficient (Wildman–Crippen LogP) is 4.88. The number of amides is 1. The van der Waals surface area contributed by atoms with Gasteiger partial charge in [0.2, 0.25) is 0 Å². The van der Waals surface area contributed by atoms with E-state index in [2.05, 4.69) is 20.3 Å². The molecule has 9 heteroatoms. The van der Waals surface area contributed by atoms with Gasteiger partial charge in [0.1, 0.15) is 5.75 Å². The first kappa shape index (κ1) is 17.8. The molecular weight excluding hydrogens is 371 g/mol. The van der Waals surface area contributed by atoms with E-state index < -0.39 is 12.3 Å². The molecule has 0 radical (unpaired) electrons. The van der Waals surface area contributed by atoms with E-state index in [1.807, 2.05) is 0 Å². The standard InChI is InChI=1S/C17H11ClF3N3O2/c18-14-6-1-10(9-13(14)15-7-8-22-24-15)16(25)23-11-2-4-12(5-3-11)26-17(19,20)21/h1-9H,(H,22,24)(H,23,25). The SMILES string of the molecule is O=C(Nc1ccc(OC(F)(F)F)cc1)c1ccc(Cl)c(-c2ccn[nH]2)c1. The van der Waals surface area contributed by atoms with Gasteiger partial charge in [0, 0.05) is 28.0 Å². The average Bonchev–Trinajstić information content (AvgIpc) is 3.10. The topological polar surface area (TPSA) is 67.0 Å². The van der Waals surface area contributed by atoms with Crippen molar-refractivity contribution in [1.82, 2.24) is 10.2 Å². The van der Waals surface area contributed by atoms with E-state index in [0.29, 0.717) is 27.5 Å². The van der Waals surface area contributed by atoms with Crippen molar-refractivity contribution in [2.24, 2.45) is 0 Å². The van der Waals surface area contributed by atoms with E-state index in [1.54, 1.807) is 30.5 Å². The third kappa shape index (κ3) is 4.34. The second-order valence-corrected chi connectivity index (χ2v) is 5.60. The van der Waals surface area contributed by atoms with E-state index in [-0.39, 0.29) is 5.75 Å². The molecule has 2 N–H and O–H groups in total. The molecule has 3 rings (SSSR count). The molecule has 1 heterocycles. The molecule has 3 aromatic rings. The van der Waals surface area contributed by atoms with E-state index >= 15 is 0 Å². The number of carbonyl (C=O) groups excluding carboxylic acids is 1. The lowest BCUT2D eigenvalue weighted by Gasteiger charge is -2.10. The largest absolute Gasteiger partial charge is 0.573 e. The number of halogens is 4. The number of rotatable bonds is 4. The van der Waals surface area contributed by atoms with Gasteiger partial charge < -0.3 is 10.1 Å². The average molecular weight is 382 g/mol. The molecule has 0 bridgehead atoms. The third-order valence-electron chi connectivity index (χ3n) is 3.37. The van der Waals surface area contributed by atoms with Gasteiger partial charge in [-0.1, -0.05) is 11.6 Å². The number of hydrogen-bond donors (Lipinski definition) is 2. The second kappa shape index (κ2) is 7.09. The molecule has 1 amide bonds. The van der Waals surface area contributed by atoms with Crippen LogP contribution in [0.2, 0.25) is 5.02 Å². The first-order valence-electron chi connectivity index (χ1n) is 7.28. The molecule has 0 saturated heterocycles. The van der Waals surface area contributed by atoms with Gasteiger partial charge in [0.25, 0.3) is 5.91 Å². The number of ether oxygens (including phenoxy) is 1. The highest BCUT2D eigenvalue weighted by Gasteiger charge is 2.30. The molecule has 2 aromatic carbocycles. The Hall–Kier alpha value is -3.00. The molecule has 0 saturated carbocycles. The van der Waals surface area contributed by atoms with Gasteiger partial charge in [-0.05, 0) is 48.5 Å². The number of hydrogen-bond acceptors (Lipinski definition) is 3. The maximum Gasteiger partial charge on any atom is 0.573 e. The molecule has 0 aliphatic heterocycles. The normalized spacial score (nSPS) is 11.2. The van der Waals surface area contributed by atoms with Gasteiger partial charge in [0.15, 0.2) is 0 Å². The van der Waals surface area contributed by atoms with Crippen LogP contribution in [0.1, 0.15) is 10.4 Å². The van der Waals surface area contributed by atoms with Crippen molar-refractivity contribution in [3.05, 3.63) is 65.3 Å². The summed E-state index contributed by atoms with van der Waals surface area (Å²) >= 11 is 6.14. The number of alkyl halides is 3. The minimum Gasteiger partial charge on any atom is -0.406 e. The molecule has 0 atom stereocenters. The van der Waals surface area contributed by atoms with Crippen LogP contribution < -0.4 is 10.1 Å². The zero-order valence-electron chi connectivity index (χ0n) is 13.0. The number of aromatic amines is 1. The minimum absolute atomic E-state index is 0.322. The first-order chi connectivity index (χ1) is 12.3. The molecule has 5 nitrogen and oxygen atoms in total. The number of anilines is 1. The Morgan fingerprint density at radius 1 is 1.12 bits per heavy atom. The summed E-state index contributed by atoms with van der Waals surface area (Å²) in [6.07, 6.45) is -3.21. The monoisotopic (exact) mass is 381 g/mol. The van der Waals surface area contributed by atoms with Crippen LogP contribution in [-0.2, 0) is 0 Å². The Balaban J connectivity index is 1.75. The van der Waals surface area contributed by atoms with Crippen molar-refractivity contribution >= 4 is 23.2 Å². The van der Waals surface area contributed by atoms with Crippen molar-refractivity contribution in [3.8, 4) is 17.0 Å². The maximum atomic E-state index is 12.4. The van der Waals surface area contributed by atoms with Crippen molar-refractivity contribution in [3.63, 3.8) is 0 Å². The van der Waals surface area contributed by atoms with Crippen LogP contribution in [0.5, 0.6) is 5.75 Å². The Labute approximate surface area is 150 Å². The first-order valence-corrected chi connectivity index (χ1v) is 7.66. The van der Waals surface area contributed by atoms with Crippen LogP contribution in [0.15, 0.2) is 54.7 Å². The number of nitrogens with one attached hydrogen (secondary N) is 2. The van der Waals surface area contributed by atoms with Gasteiger partial charge >= 0.3 is 6.36 Å². The van der Waals surface area contributed by atoms with Crippen LogP contribution >= 0.6 is 11.6 Å². The molecular formula is C17H11ClF3N3O2. The summed E-state index contributed by atoms with van der Waals surface area (Å²) in [5, 5.41) is 9.64. The fraction of sp³-hybridized carbons (Fsp3) is 0.0588. The fourth-order valence-electron chi connectivity index (χ4n) is 2.22. The lowest BCUT2D eigenvalue weighted by molar-refractivity contribution is -0.274. The third-order valence-corrected chi connectivity index (χ3v) is 3.69. The predicted molar refractivity (Wildman–Crippen MR) is 90.1 cm³/mol. The number of H-pyrrole nitrogens is 1. The smallest absolute Gasteiger partial charge is 0.406 e. The minimum atomic E-state index is -4.77. The quantitative estimate of drug-likeness (QED) is 0.676. The molecule has 0 aliphatic carbocycles. The molecule has 0 spiro atoms. The van der Waals surface area contributed by atoms with E-state index in [0.717, 1.165) is 12.1 Å². The molecule has 26 heavy (non-hydrogen) atoms. The van der Waals surface area contributed by atoms with E-state index in [1.165, 1.54) is 12.1 Å². The van der Waals surface area contributed by atoms with Crippen molar-refractivity contribution in [1.29, 1.82) is 0 Å². The summed E-state index contributed by atoms with van der Waals surface area (Å²) in [6, 6.07) is 11.3. The van der Waals surface area contributed by atoms with Crippen LogP contribution in [0.3, 0.4) is 0 Å². The van der Waals surface area contributed by atoms with Crippen molar-refractivity contribution < 1.29 is 22.7 Å². The van der Waals surface area contributed by atoms with Gasteiger partial charge in [-0.3, -0.25) is 9.89 Å². The van der Waals surface area contributed by atoms with Crippen LogP contribution in [-0.4, -0.2) is 22.5 Å². The fourth-order valence-corrected chi connectivity index (χ4v) is 2.44. The number of nitrogens with zero attached hydrogens (tertiary/aromatic N) is 1. The summed E-state index contributed by atoms with van der Waals surface area (Å²) < 4.78 is 40.2. The maximum absolute atomic E-state index is 12.4. The van der Waals surface area contributed by atoms with Crippen LogP contribution in [0.4, 0.5) is 18.9 Å². The number of benzene rings is 2. The lowest BCUT2D eigenvalue weighted by Crippen LogP contribution is -2.17. The molecule has 0 aliphatic rings. The molecule has 1 aromatic heterocycles. The molecule has 134 valence electrons. The van der Waals surface area contributed by atoms with Crippen molar-refractivity contribution in [2.45, 2.75) is 6.36 Å². The Kier molecular flexibility index (Phi) is 4.85. The summed E-state index contributed by atoms with van der Waals surface area (Å²) in [7, 11) is 0. The summed E-state index contributed by atoms with van der Waals surface area (Å²) in [5.74, 6) is -0.810. The Morgan fingerprint density at radius 3 is 2.46 bits per heavy atom. The van der Waals surface area contributed by atoms with E-state index in [4.69, 9.17) is 11.6 Å². The van der Waals surface area contributed by atoms with Crippen molar-refractivity contribution in [2.75, 3.05) is 5.32 Å². The van der Waals surface area contributed by atoms with Crippen LogP contribution in [0, 0.1) is 0 Å². The van der Waals surface area contributed by atoms with Gasteiger partial charge in [0.05, 0.1) is 5.69 Å². The number of carbonyl (C=O) groups is 1. The summed E-state index contributed by atoms with van der Waals surface area (Å²) in [4.78, 5) is 12.4. The van der Waals surface area contributed by atoms with Gasteiger partial charge in [-0.2, -0.15) is 5.10 Å². The van der Waals surface area contributed by atoms with Gasteiger partial charge in [-0.15, -0.1) is 13.2 Å². The summed E-state index contributed by atoms with van der Waals surface area (Å²) in [6.45, 7) is 0. The number of aromatic nitrogens is 2. The summed E-state index contributed by atoms with van der Waals surface area (Å²) in [5.41, 5.74) is 1.90. The van der Waals surface area contributed by atoms with E-state index in [9.17, 15) is 18.0 Å². The van der Waals surface area contributed by atoms with Crippen LogP contribution in [0.25, 0.3) is 11.3 Å². The highest BCUT2D eigenvalue weighted by molar-refractivity contribution is 6.33. The molecule has 0 unspecified atom stereocenters.